The topological polar surface area (TPSA) is 64.4 Å². The van der Waals surface area contributed by atoms with Gasteiger partial charge in [-0.25, -0.2) is 9.78 Å². The number of hydrogen-bond acceptors (Lipinski definition) is 5. The van der Waals surface area contributed by atoms with Gasteiger partial charge in [0.2, 0.25) is 0 Å². The quantitative estimate of drug-likeness (QED) is 0.816. The third kappa shape index (κ3) is 3.92. The molecule has 0 fully saturated rings. The Morgan fingerprint density at radius 3 is 2.77 bits per heavy atom. The van der Waals surface area contributed by atoms with Crippen LogP contribution in [0.4, 0.5) is 4.79 Å². The average molecular weight is 378 g/mol. The van der Waals surface area contributed by atoms with Crippen molar-refractivity contribution in [3.05, 3.63) is 27.1 Å². The number of thiophene rings is 1. The van der Waals surface area contributed by atoms with E-state index in [1.165, 1.54) is 11.3 Å². The largest absolute Gasteiger partial charge is 0.444 e. The van der Waals surface area contributed by atoms with Crippen LogP contribution in [0.25, 0.3) is 10.2 Å². The van der Waals surface area contributed by atoms with Gasteiger partial charge in [-0.15, -0.1) is 11.3 Å². The van der Waals surface area contributed by atoms with E-state index in [1.54, 1.807) is 15.8 Å². The normalized spacial score (nSPS) is 14.8. The number of fused-ring (bicyclic) bond motifs is 3. The van der Waals surface area contributed by atoms with Crippen LogP contribution in [0.2, 0.25) is 0 Å². The summed E-state index contributed by atoms with van der Waals surface area (Å²) < 4.78 is 7.19. The highest BCUT2D eigenvalue weighted by molar-refractivity contribution is 7.18. The molecule has 142 valence electrons. The Bertz CT molecular complexity index is 877. The Morgan fingerprint density at radius 1 is 1.38 bits per heavy atom. The smallest absolute Gasteiger partial charge is 0.410 e. The molecular formula is C19H27N3O3S. The van der Waals surface area contributed by atoms with E-state index >= 15 is 0 Å². The van der Waals surface area contributed by atoms with Gasteiger partial charge in [-0.2, -0.15) is 0 Å². The second kappa shape index (κ2) is 7.02. The zero-order valence-electron chi connectivity index (χ0n) is 16.2. The molecule has 3 heterocycles. The highest BCUT2D eigenvalue weighted by Gasteiger charge is 2.29. The zero-order valence-corrected chi connectivity index (χ0v) is 17.0. The van der Waals surface area contributed by atoms with Gasteiger partial charge in [0.25, 0.3) is 5.56 Å². The summed E-state index contributed by atoms with van der Waals surface area (Å²) in [6.07, 6.45) is 2.97. The number of amides is 1. The molecule has 2 aromatic heterocycles. The minimum atomic E-state index is -0.511. The van der Waals surface area contributed by atoms with Crippen LogP contribution in [0.15, 0.2) is 11.1 Å². The Hall–Kier alpha value is -1.89. The van der Waals surface area contributed by atoms with E-state index in [0.717, 1.165) is 27.1 Å². The van der Waals surface area contributed by atoms with E-state index in [2.05, 4.69) is 18.8 Å². The van der Waals surface area contributed by atoms with Crippen LogP contribution in [0.5, 0.6) is 0 Å². The van der Waals surface area contributed by atoms with Crippen LogP contribution >= 0.6 is 11.3 Å². The molecular weight excluding hydrogens is 350 g/mol. The Balaban J connectivity index is 1.88. The van der Waals surface area contributed by atoms with E-state index in [0.29, 0.717) is 32.0 Å². The number of carbonyl (C=O) groups is 1. The van der Waals surface area contributed by atoms with Crippen LogP contribution in [-0.2, 0) is 24.2 Å². The maximum Gasteiger partial charge on any atom is 0.410 e. The molecule has 1 aliphatic heterocycles. The fraction of sp³-hybridized carbons (Fsp3) is 0.632. The molecule has 0 aromatic carbocycles. The molecule has 0 atom stereocenters. The van der Waals surface area contributed by atoms with Crippen LogP contribution in [0.3, 0.4) is 0 Å². The Morgan fingerprint density at radius 2 is 2.12 bits per heavy atom. The number of nitrogens with zero attached hydrogens (tertiary/aromatic N) is 3. The van der Waals surface area contributed by atoms with Gasteiger partial charge in [-0.3, -0.25) is 9.36 Å². The van der Waals surface area contributed by atoms with E-state index in [-0.39, 0.29) is 11.7 Å². The van der Waals surface area contributed by atoms with Gasteiger partial charge in [0.15, 0.2) is 0 Å². The minimum absolute atomic E-state index is 0.0406. The summed E-state index contributed by atoms with van der Waals surface area (Å²) in [7, 11) is 0. The molecule has 0 bridgehead atoms. The number of aromatic nitrogens is 2. The second-order valence-electron chi connectivity index (χ2n) is 8.26. The van der Waals surface area contributed by atoms with Crippen molar-refractivity contribution in [1.82, 2.24) is 14.5 Å². The van der Waals surface area contributed by atoms with E-state index in [4.69, 9.17) is 4.74 Å². The van der Waals surface area contributed by atoms with Crippen LogP contribution in [0, 0.1) is 5.92 Å². The lowest BCUT2D eigenvalue weighted by Gasteiger charge is -2.29. The van der Waals surface area contributed by atoms with Gasteiger partial charge in [0.05, 0.1) is 18.3 Å². The summed E-state index contributed by atoms with van der Waals surface area (Å²) >= 11 is 1.51. The molecule has 2 aromatic rings. The molecule has 0 unspecified atom stereocenters. The van der Waals surface area contributed by atoms with Crippen molar-refractivity contribution in [2.45, 2.75) is 66.2 Å². The van der Waals surface area contributed by atoms with E-state index in [9.17, 15) is 9.59 Å². The summed E-state index contributed by atoms with van der Waals surface area (Å²) in [4.78, 5) is 33.3. The SMILES string of the molecule is CC(C)CCn1cnc2sc3c(c2c1=O)CCN(C(=O)OC(C)(C)C)C3. The molecule has 0 spiro atoms. The summed E-state index contributed by atoms with van der Waals surface area (Å²) in [6, 6.07) is 0. The molecule has 3 rings (SSSR count). The lowest BCUT2D eigenvalue weighted by atomic mass is 10.1. The van der Waals surface area contributed by atoms with Crippen molar-refractivity contribution in [2.75, 3.05) is 6.54 Å². The fourth-order valence-electron chi connectivity index (χ4n) is 3.06. The minimum Gasteiger partial charge on any atom is -0.444 e. The van der Waals surface area contributed by atoms with Crippen molar-refractivity contribution < 1.29 is 9.53 Å². The maximum absolute atomic E-state index is 12.9. The first-order valence-corrected chi connectivity index (χ1v) is 9.95. The van der Waals surface area contributed by atoms with Gasteiger partial charge in [-0.05, 0) is 45.1 Å². The molecule has 0 saturated carbocycles. The number of rotatable bonds is 3. The first-order chi connectivity index (χ1) is 12.2. The zero-order chi connectivity index (χ0) is 19.1. The molecule has 0 saturated heterocycles. The van der Waals surface area contributed by atoms with Gasteiger partial charge in [0.1, 0.15) is 10.4 Å². The van der Waals surface area contributed by atoms with Crippen molar-refractivity contribution in [2.24, 2.45) is 5.92 Å². The van der Waals surface area contributed by atoms with Crippen molar-refractivity contribution in [1.29, 1.82) is 0 Å². The predicted molar refractivity (Wildman–Crippen MR) is 104 cm³/mol. The molecule has 0 aliphatic carbocycles. The molecule has 6 nitrogen and oxygen atoms in total. The number of carbonyl (C=O) groups excluding carboxylic acids is 1. The number of hydrogen-bond donors (Lipinski definition) is 0. The Kier molecular flexibility index (Phi) is 5.10. The summed E-state index contributed by atoms with van der Waals surface area (Å²) in [5.41, 5.74) is 0.587. The number of ether oxygens (including phenoxy) is 1. The van der Waals surface area contributed by atoms with Gasteiger partial charge < -0.3 is 9.64 Å². The van der Waals surface area contributed by atoms with E-state index in [1.807, 2.05) is 20.8 Å². The maximum atomic E-state index is 12.9. The lowest BCUT2D eigenvalue weighted by Crippen LogP contribution is -2.39. The average Bonchev–Trinajstić information content (AvgIpc) is 2.90. The van der Waals surface area contributed by atoms with Gasteiger partial charge in [-0.1, -0.05) is 13.8 Å². The predicted octanol–water partition coefficient (Wildman–Crippen LogP) is 3.80. The summed E-state index contributed by atoms with van der Waals surface area (Å²) in [6.45, 7) is 11.6. The lowest BCUT2D eigenvalue weighted by molar-refractivity contribution is 0.0227. The van der Waals surface area contributed by atoms with Crippen LogP contribution < -0.4 is 5.56 Å². The molecule has 1 aliphatic rings. The molecule has 0 radical (unpaired) electrons. The third-order valence-corrected chi connectivity index (χ3v) is 5.55. The van der Waals surface area contributed by atoms with Gasteiger partial charge in [0, 0.05) is 18.0 Å². The molecule has 0 N–H and O–H groups in total. The summed E-state index contributed by atoms with van der Waals surface area (Å²) in [5.74, 6) is 0.538. The Labute approximate surface area is 157 Å². The molecule has 1 amide bonds. The van der Waals surface area contributed by atoms with Crippen molar-refractivity contribution in [3.63, 3.8) is 0 Å². The first-order valence-electron chi connectivity index (χ1n) is 9.13. The number of aryl methyl sites for hydroxylation is 1. The van der Waals surface area contributed by atoms with Gasteiger partial charge >= 0.3 is 6.09 Å². The summed E-state index contributed by atoms with van der Waals surface area (Å²) in [5, 5.41) is 0.736. The van der Waals surface area contributed by atoms with Crippen molar-refractivity contribution in [3.8, 4) is 0 Å². The highest BCUT2D eigenvalue weighted by atomic mass is 32.1. The third-order valence-electron chi connectivity index (χ3n) is 4.43. The molecule has 7 heteroatoms. The first kappa shape index (κ1) is 18.9. The second-order valence-corrected chi connectivity index (χ2v) is 9.35. The fourth-order valence-corrected chi connectivity index (χ4v) is 4.25. The standard InChI is InChI=1S/C19H27N3O3S/c1-12(2)6-8-22-11-20-16-15(17(22)23)13-7-9-21(10-14(13)26-16)18(24)25-19(3,4)5/h11-12H,6-10H2,1-5H3. The van der Waals surface area contributed by atoms with Crippen LogP contribution in [0.1, 0.15) is 51.5 Å². The van der Waals surface area contributed by atoms with E-state index < -0.39 is 5.60 Å². The van der Waals surface area contributed by atoms with Crippen molar-refractivity contribution >= 4 is 27.6 Å². The van der Waals surface area contributed by atoms with Crippen LogP contribution in [-0.4, -0.2) is 32.7 Å². The molecule has 26 heavy (non-hydrogen) atoms. The monoisotopic (exact) mass is 377 g/mol. The highest BCUT2D eigenvalue weighted by Crippen LogP contribution is 2.32.